The molecule has 1 aromatic heterocycles. The first-order valence-electron chi connectivity index (χ1n) is 8.28. The summed E-state index contributed by atoms with van der Waals surface area (Å²) in [7, 11) is 0. The summed E-state index contributed by atoms with van der Waals surface area (Å²) < 4.78 is 19.0. The summed E-state index contributed by atoms with van der Waals surface area (Å²) in [4.78, 5) is 37.9. The van der Waals surface area contributed by atoms with E-state index in [9.17, 15) is 14.4 Å². The van der Waals surface area contributed by atoms with Crippen LogP contribution in [0.15, 0.2) is 14.4 Å². The molecule has 1 aromatic rings. The molecule has 0 spiro atoms. The Bertz CT molecular complexity index is 756. The molecule has 3 saturated heterocycles. The number of hydrogen-bond donors (Lipinski definition) is 0. The lowest BCUT2D eigenvalue weighted by Gasteiger charge is -2.14. The second-order valence-electron chi connectivity index (χ2n) is 6.96. The molecule has 0 saturated carbocycles. The predicted molar refractivity (Wildman–Crippen MR) is 82.3 cm³/mol. The van der Waals surface area contributed by atoms with E-state index in [0.29, 0.717) is 32.7 Å². The second kappa shape index (κ2) is 5.68. The van der Waals surface area contributed by atoms with Crippen molar-refractivity contribution >= 4 is 0 Å². The molecular weight excluding hydrogens is 318 g/mol. The SMILES string of the molecule is CC1(Cn2c(=O)n(CCC3CO3)c(=O)n(CCC3CO3)c2=O)CO1. The molecular formula is C15H21N3O6. The van der Waals surface area contributed by atoms with Gasteiger partial charge in [-0.05, 0) is 19.8 Å². The minimum Gasteiger partial charge on any atom is -0.373 e. The predicted octanol–water partition coefficient (Wildman–Crippen LogP) is -1.46. The Kier molecular flexibility index (Phi) is 3.74. The number of hydrogen-bond acceptors (Lipinski definition) is 6. The fraction of sp³-hybridized carbons (Fsp3) is 0.800. The Morgan fingerprint density at radius 3 is 1.71 bits per heavy atom. The van der Waals surface area contributed by atoms with E-state index in [0.717, 1.165) is 13.7 Å². The molecule has 9 nitrogen and oxygen atoms in total. The first-order valence-corrected chi connectivity index (χ1v) is 8.28. The monoisotopic (exact) mass is 339 g/mol. The van der Waals surface area contributed by atoms with Gasteiger partial charge in [0, 0.05) is 13.1 Å². The molecule has 0 bridgehead atoms. The van der Waals surface area contributed by atoms with Gasteiger partial charge < -0.3 is 14.2 Å². The normalized spacial score (nSPS) is 30.4. The molecule has 3 atom stereocenters. The van der Waals surface area contributed by atoms with Gasteiger partial charge in [-0.1, -0.05) is 0 Å². The highest BCUT2D eigenvalue weighted by atomic mass is 16.6. The number of rotatable bonds is 8. The third-order valence-electron chi connectivity index (χ3n) is 4.67. The lowest BCUT2D eigenvalue weighted by molar-refractivity contribution is 0.276. The number of epoxide rings is 3. The van der Waals surface area contributed by atoms with Gasteiger partial charge >= 0.3 is 17.1 Å². The van der Waals surface area contributed by atoms with Gasteiger partial charge in [-0.15, -0.1) is 0 Å². The third-order valence-corrected chi connectivity index (χ3v) is 4.67. The average Bonchev–Trinajstić information content (AvgIpc) is 3.39. The van der Waals surface area contributed by atoms with Crippen molar-refractivity contribution in [3.05, 3.63) is 31.5 Å². The van der Waals surface area contributed by atoms with Crippen LogP contribution in [0.25, 0.3) is 0 Å². The Hall–Kier alpha value is -1.71. The molecule has 3 unspecified atom stereocenters. The van der Waals surface area contributed by atoms with Crippen LogP contribution in [0.5, 0.6) is 0 Å². The van der Waals surface area contributed by atoms with E-state index in [1.807, 2.05) is 6.92 Å². The summed E-state index contributed by atoms with van der Waals surface area (Å²) in [5, 5.41) is 0. The third kappa shape index (κ3) is 3.24. The minimum atomic E-state index is -0.568. The maximum atomic E-state index is 12.6. The second-order valence-corrected chi connectivity index (χ2v) is 6.96. The van der Waals surface area contributed by atoms with Crippen LogP contribution in [0.3, 0.4) is 0 Å². The van der Waals surface area contributed by atoms with E-state index in [1.165, 1.54) is 0 Å². The zero-order chi connectivity index (χ0) is 16.9. The van der Waals surface area contributed by atoms with Crippen molar-refractivity contribution in [2.75, 3.05) is 19.8 Å². The van der Waals surface area contributed by atoms with Crippen molar-refractivity contribution in [3.63, 3.8) is 0 Å². The maximum absolute atomic E-state index is 12.6. The molecule has 4 rings (SSSR count). The van der Waals surface area contributed by atoms with E-state index < -0.39 is 22.7 Å². The zero-order valence-electron chi connectivity index (χ0n) is 13.6. The van der Waals surface area contributed by atoms with Gasteiger partial charge in [0.15, 0.2) is 0 Å². The molecule has 0 aliphatic carbocycles. The number of ether oxygens (including phenoxy) is 3. The van der Waals surface area contributed by atoms with Crippen LogP contribution < -0.4 is 17.1 Å². The zero-order valence-corrected chi connectivity index (χ0v) is 13.6. The minimum absolute atomic E-state index is 0.106. The smallest absolute Gasteiger partial charge is 0.336 e. The van der Waals surface area contributed by atoms with Crippen LogP contribution in [-0.2, 0) is 33.8 Å². The van der Waals surface area contributed by atoms with Crippen LogP contribution in [-0.4, -0.2) is 51.3 Å². The Morgan fingerprint density at radius 2 is 1.33 bits per heavy atom. The molecule has 3 fully saturated rings. The van der Waals surface area contributed by atoms with E-state index in [-0.39, 0.29) is 31.8 Å². The summed E-state index contributed by atoms with van der Waals surface area (Å²) in [5.74, 6) is 0. The largest absolute Gasteiger partial charge is 0.373 e. The summed E-state index contributed by atoms with van der Waals surface area (Å²) in [6.45, 7) is 4.32. The van der Waals surface area contributed by atoms with Gasteiger partial charge in [0.2, 0.25) is 0 Å². The van der Waals surface area contributed by atoms with Gasteiger partial charge in [-0.2, -0.15) is 0 Å². The molecule has 0 amide bonds. The van der Waals surface area contributed by atoms with Crippen LogP contribution in [0, 0.1) is 0 Å². The summed E-state index contributed by atoms with van der Waals surface area (Å²) in [6, 6.07) is 0. The van der Waals surface area contributed by atoms with E-state index in [2.05, 4.69) is 0 Å². The van der Waals surface area contributed by atoms with Gasteiger partial charge in [-0.3, -0.25) is 0 Å². The highest BCUT2D eigenvalue weighted by Gasteiger charge is 2.41. The average molecular weight is 339 g/mol. The van der Waals surface area contributed by atoms with Gasteiger partial charge in [0.05, 0.1) is 38.6 Å². The van der Waals surface area contributed by atoms with Crippen LogP contribution in [0.1, 0.15) is 19.8 Å². The van der Waals surface area contributed by atoms with Crippen LogP contribution in [0.4, 0.5) is 0 Å². The van der Waals surface area contributed by atoms with Crippen LogP contribution >= 0.6 is 0 Å². The number of aromatic nitrogens is 3. The van der Waals surface area contributed by atoms with Crippen molar-refractivity contribution in [1.29, 1.82) is 0 Å². The fourth-order valence-corrected chi connectivity index (χ4v) is 2.76. The summed E-state index contributed by atoms with van der Waals surface area (Å²) in [5.41, 5.74) is -2.19. The van der Waals surface area contributed by atoms with Crippen molar-refractivity contribution in [3.8, 4) is 0 Å². The van der Waals surface area contributed by atoms with Crippen LogP contribution in [0.2, 0.25) is 0 Å². The van der Waals surface area contributed by atoms with Gasteiger partial charge in [0.25, 0.3) is 0 Å². The standard InChI is InChI=1S/C15H21N3O6/c1-15(9-24-15)8-18-13(20)16(4-2-10-6-22-10)12(19)17(14(18)21)5-3-11-7-23-11/h10-11H,2-9H2,1H3. The quantitative estimate of drug-likeness (QED) is 0.536. The Labute approximate surface area is 137 Å². The van der Waals surface area contributed by atoms with Crippen molar-refractivity contribution in [1.82, 2.24) is 13.7 Å². The highest BCUT2D eigenvalue weighted by Crippen LogP contribution is 2.26. The molecule has 0 aromatic carbocycles. The van der Waals surface area contributed by atoms with Crippen molar-refractivity contribution in [2.45, 2.75) is 57.2 Å². The molecule has 132 valence electrons. The highest BCUT2D eigenvalue weighted by molar-refractivity contribution is 4.90. The number of nitrogens with zero attached hydrogens (tertiary/aromatic N) is 3. The molecule has 3 aliphatic rings. The molecule has 0 N–H and O–H groups in total. The lowest BCUT2D eigenvalue weighted by Crippen LogP contribution is -2.55. The van der Waals surface area contributed by atoms with Gasteiger partial charge in [0.1, 0.15) is 5.60 Å². The molecule has 3 aliphatic heterocycles. The first-order chi connectivity index (χ1) is 11.5. The van der Waals surface area contributed by atoms with E-state index in [4.69, 9.17) is 14.2 Å². The lowest BCUT2D eigenvalue weighted by atomic mass is 10.2. The van der Waals surface area contributed by atoms with Gasteiger partial charge in [-0.25, -0.2) is 28.1 Å². The van der Waals surface area contributed by atoms with E-state index >= 15 is 0 Å². The molecule has 24 heavy (non-hydrogen) atoms. The Morgan fingerprint density at radius 1 is 0.917 bits per heavy atom. The summed E-state index contributed by atoms with van der Waals surface area (Å²) >= 11 is 0. The molecule has 9 heteroatoms. The van der Waals surface area contributed by atoms with E-state index in [1.54, 1.807) is 0 Å². The van der Waals surface area contributed by atoms with Crippen molar-refractivity contribution in [2.24, 2.45) is 0 Å². The fourth-order valence-electron chi connectivity index (χ4n) is 2.76. The molecule has 0 radical (unpaired) electrons. The first kappa shape index (κ1) is 15.8. The summed E-state index contributed by atoms with van der Waals surface area (Å²) in [6.07, 6.45) is 1.39. The van der Waals surface area contributed by atoms with Crippen molar-refractivity contribution < 1.29 is 14.2 Å². The molecule has 4 heterocycles. The Balaban J connectivity index is 1.70. The maximum Gasteiger partial charge on any atom is 0.336 e. The topological polar surface area (TPSA) is 104 Å².